The molecule has 1 amide bonds. The number of nitrogens with zero attached hydrogens (tertiary/aromatic N) is 2. The van der Waals surface area contributed by atoms with Gasteiger partial charge in [0.05, 0.1) is 18.0 Å². The number of amides is 1. The van der Waals surface area contributed by atoms with Gasteiger partial charge in [-0.15, -0.1) is 0 Å². The Hall–Kier alpha value is -1.51. The quantitative estimate of drug-likeness (QED) is 0.587. The van der Waals surface area contributed by atoms with Crippen LogP contribution < -0.4 is 0 Å². The SMILES string of the molecule is CC(C)C1OON(N2C(=O)C(OCc3ccccc3)C2C(C)C)O1. The van der Waals surface area contributed by atoms with Gasteiger partial charge in [-0.1, -0.05) is 63.0 Å². The summed E-state index contributed by atoms with van der Waals surface area (Å²) in [5.74, 6) is 0.0837. The van der Waals surface area contributed by atoms with E-state index in [4.69, 9.17) is 19.5 Å². The molecule has 0 N–H and O–H groups in total. The van der Waals surface area contributed by atoms with E-state index >= 15 is 0 Å². The lowest BCUT2D eigenvalue weighted by Gasteiger charge is -2.48. The second kappa shape index (κ2) is 7.16. The molecule has 2 aliphatic heterocycles. The summed E-state index contributed by atoms with van der Waals surface area (Å²) in [5, 5.41) is 2.46. The Kier molecular flexibility index (Phi) is 5.17. The van der Waals surface area contributed by atoms with Crippen molar-refractivity contribution in [3.8, 4) is 0 Å². The van der Waals surface area contributed by atoms with Gasteiger partial charge in [-0.25, -0.2) is 9.85 Å². The number of hydrazine groups is 1. The summed E-state index contributed by atoms with van der Waals surface area (Å²) >= 11 is 0. The zero-order valence-electron chi connectivity index (χ0n) is 14.4. The molecule has 2 heterocycles. The number of β-lactam (4-membered cyclic amide) rings is 1. The van der Waals surface area contributed by atoms with E-state index in [0.29, 0.717) is 6.61 Å². The van der Waals surface area contributed by atoms with E-state index in [1.54, 1.807) is 0 Å². The molecule has 3 unspecified atom stereocenters. The Labute approximate surface area is 141 Å². The van der Waals surface area contributed by atoms with Gasteiger partial charge in [0.1, 0.15) is 0 Å². The van der Waals surface area contributed by atoms with Crippen LogP contribution in [0.4, 0.5) is 0 Å². The van der Waals surface area contributed by atoms with Gasteiger partial charge in [-0.2, -0.15) is 4.89 Å². The molecule has 7 heteroatoms. The number of carbonyl (C=O) groups is 1. The third kappa shape index (κ3) is 3.31. The molecule has 2 fully saturated rings. The van der Waals surface area contributed by atoms with Gasteiger partial charge in [-0.05, 0) is 11.5 Å². The lowest BCUT2D eigenvalue weighted by Crippen LogP contribution is -2.71. The first kappa shape index (κ1) is 17.3. The summed E-state index contributed by atoms with van der Waals surface area (Å²) in [4.78, 5) is 28.2. The Morgan fingerprint density at radius 1 is 1.12 bits per heavy atom. The molecule has 0 radical (unpaired) electrons. The Balaban J connectivity index is 1.62. The van der Waals surface area contributed by atoms with Gasteiger partial charge >= 0.3 is 0 Å². The molecule has 0 saturated carbocycles. The summed E-state index contributed by atoms with van der Waals surface area (Å²) in [7, 11) is 0. The second-order valence-corrected chi connectivity index (χ2v) is 6.76. The maximum atomic E-state index is 12.5. The van der Waals surface area contributed by atoms with Crippen molar-refractivity contribution in [1.29, 1.82) is 0 Å². The van der Waals surface area contributed by atoms with Gasteiger partial charge in [0.25, 0.3) is 5.91 Å². The minimum absolute atomic E-state index is 0.106. The molecule has 132 valence electrons. The van der Waals surface area contributed by atoms with E-state index in [0.717, 1.165) is 10.9 Å². The van der Waals surface area contributed by atoms with E-state index in [1.807, 2.05) is 58.0 Å². The van der Waals surface area contributed by atoms with Crippen LogP contribution in [-0.4, -0.2) is 34.7 Å². The fraction of sp³-hybridized carbons (Fsp3) is 0.588. The molecular weight excluding hydrogens is 312 g/mol. The third-order valence-corrected chi connectivity index (χ3v) is 4.13. The van der Waals surface area contributed by atoms with Gasteiger partial charge in [0.2, 0.25) is 6.29 Å². The molecule has 2 saturated heterocycles. The average Bonchev–Trinajstić information content (AvgIpc) is 3.02. The number of rotatable bonds is 6. The standard InChI is InChI=1S/C17H24N2O5/c1-11(2)14-15(21-10-13-8-6-5-7-9-13)16(20)18(14)19-22-17(12(3)4)23-24-19/h5-9,11-12,14-15,17H,10H2,1-4H3. The van der Waals surface area contributed by atoms with Crippen LogP contribution in [0.1, 0.15) is 33.3 Å². The van der Waals surface area contributed by atoms with Gasteiger partial charge < -0.3 is 4.74 Å². The summed E-state index contributed by atoms with van der Waals surface area (Å²) in [6.07, 6.45) is -1.05. The van der Waals surface area contributed by atoms with Crippen molar-refractivity contribution in [3.63, 3.8) is 0 Å². The molecule has 0 bridgehead atoms. The van der Waals surface area contributed by atoms with Crippen molar-refractivity contribution in [2.45, 2.75) is 52.7 Å². The fourth-order valence-corrected chi connectivity index (χ4v) is 2.74. The molecule has 3 atom stereocenters. The summed E-state index contributed by atoms with van der Waals surface area (Å²) in [6.45, 7) is 8.34. The topological polar surface area (TPSA) is 60.5 Å². The molecule has 24 heavy (non-hydrogen) atoms. The lowest BCUT2D eigenvalue weighted by molar-refractivity contribution is -0.492. The van der Waals surface area contributed by atoms with Crippen molar-refractivity contribution < 1.29 is 24.2 Å². The molecule has 0 aliphatic carbocycles. The van der Waals surface area contributed by atoms with E-state index in [9.17, 15) is 4.79 Å². The van der Waals surface area contributed by atoms with Crippen molar-refractivity contribution >= 4 is 5.91 Å². The Bertz CT molecular complexity index is 565. The minimum atomic E-state index is -0.533. The largest absolute Gasteiger partial charge is 0.361 e. The molecule has 1 aromatic carbocycles. The maximum Gasteiger partial charge on any atom is 0.272 e. The van der Waals surface area contributed by atoms with Crippen LogP contribution in [-0.2, 0) is 30.9 Å². The van der Waals surface area contributed by atoms with E-state index < -0.39 is 12.4 Å². The number of hydrogen-bond donors (Lipinski definition) is 0. The van der Waals surface area contributed by atoms with Crippen molar-refractivity contribution in [2.75, 3.05) is 0 Å². The van der Waals surface area contributed by atoms with Crippen molar-refractivity contribution in [3.05, 3.63) is 35.9 Å². The maximum absolute atomic E-state index is 12.5. The average molecular weight is 336 g/mol. The molecule has 3 rings (SSSR count). The summed E-state index contributed by atoms with van der Waals surface area (Å²) < 4.78 is 5.84. The highest BCUT2D eigenvalue weighted by Crippen LogP contribution is 2.34. The predicted molar refractivity (Wildman–Crippen MR) is 84.2 cm³/mol. The van der Waals surface area contributed by atoms with Crippen LogP contribution in [0.15, 0.2) is 30.3 Å². The fourth-order valence-electron chi connectivity index (χ4n) is 2.74. The second-order valence-electron chi connectivity index (χ2n) is 6.76. The highest BCUT2D eigenvalue weighted by molar-refractivity contribution is 5.87. The van der Waals surface area contributed by atoms with Gasteiger partial charge in [-0.3, -0.25) is 4.79 Å². The number of benzene rings is 1. The summed E-state index contributed by atoms with van der Waals surface area (Å²) in [6, 6.07) is 9.61. The molecule has 2 aliphatic rings. The van der Waals surface area contributed by atoms with Crippen LogP contribution in [0.25, 0.3) is 0 Å². The number of hydrogen-bond acceptors (Lipinski definition) is 6. The minimum Gasteiger partial charge on any atom is -0.361 e. The molecule has 0 spiro atoms. The monoisotopic (exact) mass is 336 g/mol. The van der Waals surface area contributed by atoms with Crippen LogP contribution in [0.5, 0.6) is 0 Å². The Morgan fingerprint density at radius 2 is 1.83 bits per heavy atom. The van der Waals surface area contributed by atoms with Crippen LogP contribution >= 0.6 is 0 Å². The number of carbonyl (C=O) groups excluding carboxylic acids is 1. The normalized spacial score (nSPS) is 28.0. The number of ether oxygens (including phenoxy) is 1. The molecule has 0 aromatic heterocycles. The van der Waals surface area contributed by atoms with Crippen LogP contribution in [0.3, 0.4) is 0 Å². The van der Waals surface area contributed by atoms with Gasteiger partial charge in [0, 0.05) is 5.92 Å². The van der Waals surface area contributed by atoms with E-state index in [2.05, 4.69) is 0 Å². The van der Waals surface area contributed by atoms with E-state index in [1.165, 1.54) is 5.01 Å². The third-order valence-electron chi connectivity index (χ3n) is 4.13. The summed E-state index contributed by atoms with van der Waals surface area (Å²) in [5.41, 5.74) is 1.03. The van der Waals surface area contributed by atoms with Crippen LogP contribution in [0, 0.1) is 11.8 Å². The first-order valence-corrected chi connectivity index (χ1v) is 8.28. The zero-order valence-corrected chi connectivity index (χ0v) is 14.4. The smallest absolute Gasteiger partial charge is 0.272 e. The Morgan fingerprint density at radius 3 is 2.42 bits per heavy atom. The van der Waals surface area contributed by atoms with Gasteiger partial charge in [0.15, 0.2) is 6.10 Å². The highest BCUT2D eigenvalue weighted by Gasteiger charge is 2.56. The van der Waals surface area contributed by atoms with E-state index in [-0.39, 0.29) is 23.8 Å². The lowest BCUT2D eigenvalue weighted by atomic mass is 9.90. The molecule has 1 aromatic rings. The van der Waals surface area contributed by atoms with Crippen molar-refractivity contribution in [2.24, 2.45) is 11.8 Å². The first-order valence-electron chi connectivity index (χ1n) is 8.28. The predicted octanol–water partition coefficient (Wildman–Crippen LogP) is 2.45. The van der Waals surface area contributed by atoms with Crippen molar-refractivity contribution in [1.82, 2.24) is 10.3 Å². The highest BCUT2D eigenvalue weighted by atomic mass is 17.4. The first-order chi connectivity index (χ1) is 11.5. The zero-order chi connectivity index (χ0) is 17.3. The molecule has 7 nitrogen and oxygen atoms in total. The van der Waals surface area contributed by atoms with Crippen LogP contribution in [0.2, 0.25) is 0 Å². The molecular formula is C17H24N2O5.